The minimum atomic E-state index is -0.621. The van der Waals surface area contributed by atoms with Gasteiger partial charge in [-0.05, 0) is 104 Å². The molecule has 33 heavy (non-hydrogen) atoms. The largest absolute Gasteiger partial charge is 0.481 e. The summed E-state index contributed by atoms with van der Waals surface area (Å²) in [6.07, 6.45) is 15.1. The predicted molar refractivity (Wildman–Crippen MR) is 132 cm³/mol. The van der Waals surface area contributed by atoms with Crippen LogP contribution in [0.5, 0.6) is 0 Å². The Morgan fingerprint density at radius 1 is 0.939 bits per heavy atom. The first-order valence-electron chi connectivity index (χ1n) is 13.3. The van der Waals surface area contributed by atoms with Crippen LogP contribution < -0.4 is 0 Å². The fourth-order valence-corrected chi connectivity index (χ4v) is 9.85. The zero-order chi connectivity index (χ0) is 24.2. The number of aliphatic carboxylic acids is 1. The monoisotopic (exact) mass is 452 g/mol. The van der Waals surface area contributed by atoms with E-state index in [2.05, 4.69) is 53.7 Å². The SMILES string of the molecule is CC1(C)C(=O)C=C[C@@]2(C)C1CC[C@]1(C)[C@@H]2CC=C2[C@@H]3C[C@@](C)(C(=O)O)CC[C@]3(C)CC[C@]21C. The number of ketones is 1. The van der Waals surface area contributed by atoms with Crippen molar-refractivity contribution in [2.75, 3.05) is 0 Å². The standard InChI is InChI=1S/C30H44O3/c1-25(2)21-10-13-30(7)22(28(21,5)12-11-23(25)31)9-8-19-20-18-27(4,24(32)33)15-14-26(20,3)16-17-29(19,30)6/h8,11-12,20-22H,9-10,13-18H2,1-7H3,(H,32,33)/t20-,21?,22+,26+,27-,28-,29+,30+/m0/s1. The number of carbonyl (C=O) groups is 2. The molecule has 3 heteroatoms. The average molecular weight is 453 g/mol. The number of hydrogen-bond donors (Lipinski definition) is 1. The molecule has 8 atom stereocenters. The second-order valence-electron chi connectivity index (χ2n) is 14.4. The molecule has 1 N–H and O–H groups in total. The van der Waals surface area contributed by atoms with Crippen LogP contribution in [0, 0.1) is 50.2 Å². The summed E-state index contributed by atoms with van der Waals surface area (Å²) in [5.41, 5.74) is 1.20. The van der Waals surface area contributed by atoms with E-state index < -0.39 is 11.4 Å². The van der Waals surface area contributed by atoms with E-state index in [-0.39, 0.29) is 32.9 Å². The molecule has 0 aromatic heterocycles. The van der Waals surface area contributed by atoms with Crippen LogP contribution in [0.4, 0.5) is 0 Å². The van der Waals surface area contributed by atoms with Gasteiger partial charge < -0.3 is 5.11 Å². The lowest BCUT2D eigenvalue weighted by Gasteiger charge is -2.70. The summed E-state index contributed by atoms with van der Waals surface area (Å²) in [4.78, 5) is 25.0. The molecule has 0 radical (unpaired) electrons. The first-order chi connectivity index (χ1) is 15.1. The fourth-order valence-electron chi connectivity index (χ4n) is 9.85. The molecular formula is C30H44O3. The Morgan fingerprint density at radius 2 is 1.61 bits per heavy atom. The van der Waals surface area contributed by atoms with Crippen molar-refractivity contribution >= 4 is 11.8 Å². The Morgan fingerprint density at radius 3 is 2.27 bits per heavy atom. The van der Waals surface area contributed by atoms with Gasteiger partial charge in [-0.1, -0.05) is 59.3 Å². The molecule has 0 saturated heterocycles. The summed E-state index contributed by atoms with van der Waals surface area (Å²) in [6, 6.07) is 0. The Labute approximate surface area is 200 Å². The number of carboxylic acid groups (broad SMARTS) is 1. The average Bonchev–Trinajstić information content (AvgIpc) is 2.73. The molecule has 3 nitrogen and oxygen atoms in total. The Bertz CT molecular complexity index is 973. The van der Waals surface area contributed by atoms with Crippen LogP contribution >= 0.6 is 0 Å². The molecule has 5 rings (SSSR count). The van der Waals surface area contributed by atoms with Crippen molar-refractivity contribution in [1.29, 1.82) is 0 Å². The van der Waals surface area contributed by atoms with E-state index in [1.165, 1.54) is 12.8 Å². The van der Waals surface area contributed by atoms with Gasteiger partial charge in [-0.25, -0.2) is 0 Å². The van der Waals surface area contributed by atoms with Crippen LogP contribution in [-0.4, -0.2) is 16.9 Å². The maximum absolute atomic E-state index is 12.8. The molecule has 0 aromatic rings. The number of carboxylic acids is 1. The maximum Gasteiger partial charge on any atom is 0.309 e. The van der Waals surface area contributed by atoms with Gasteiger partial charge >= 0.3 is 5.97 Å². The highest BCUT2D eigenvalue weighted by Crippen LogP contribution is 2.74. The number of hydrogen-bond acceptors (Lipinski definition) is 2. The number of carbonyl (C=O) groups excluding carboxylic acids is 1. The Hall–Kier alpha value is -1.38. The van der Waals surface area contributed by atoms with Gasteiger partial charge in [-0.15, -0.1) is 0 Å². The summed E-state index contributed by atoms with van der Waals surface area (Å²) in [6.45, 7) is 16.2. The van der Waals surface area contributed by atoms with Gasteiger partial charge in [0.05, 0.1) is 5.41 Å². The minimum Gasteiger partial charge on any atom is -0.481 e. The number of rotatable bonds is 1. The summed E-state index contributed by atoms with van der Waals surface area (Å²) >= 11 is 0. The molecule has 0 spiro atoms. The summed E-state index contributed by atoms with van der Waals surface area (Å²) in [5, 5.41) is 10.0. The first-order valence-corrected chi connectivity index (χ1v) is 13.3. The lowest BCUT2D eigenvalue weighted by atomic mass is 9.34. The van der Waals surface area contributed by atoms with Crippen LogP contribution in [0.25, 0.3) is 0 Å². The minimum absolute atomic E-state index is 0.0261. The Balaban J connectivity index is 1.60. The predicted octanol–water partition coefficient (Wildman–Crippen LogP) is 7.22. The fraction of sp³-hybridized carbons (Fsp3) is 0.800. The van der Waals surface area contributed by atoms with Gasteiger partial charge in [0.2, 0.25) is 0 Å². The van der Waals surface area contributed by atoms with Crippen molar-refractivity contribution in [2.45, 2.75) is 99.8 Å². The topological polar surface area (TPSA) is 54.4 Å². The van der Waals surface area contributed by atoms with Crippen LogP contribution in [0.15, 0.2) is 23.8 Å². The van der Waals surface area contributed by atoms with Crippen molar-refractivity contribution in [1.82, 2.24) is 0 Å². The number of allylic oxidation sites excluding steroid dienone is 4. The van der Waals surface area contributed by atoms with E-state index in [9.17, 15) is 14.7 Å². The smallest absolute Gasteiger partial charge is 0.309 e. The molecule has 5 aliphatic carbocycles. The van der Waals surface area contributed by atoms with E-state index in [1.54, 1.807) is 5.57 Å². The van der Waals surface area contributed by atoms with E-state index in [0.29, 0.717) is 17.8 Å². The van der Waals surface area contributed by atoms with Crippen LogP contribution in [-0.2, 0) is 9.59 Å². The third-order valence-corrected chi connectivity index (χ3v) is 12.6. The molecule has 3 saturated carbocycles. The van der Waals surface area contributed by atoms with Gasteiger partial charge in [0, 0.05) is 5.41 Å². The molecule has 0 bridgehead atoms. The highest BCUT2D eigenvalue weighted by molar-refractivity contribution is 5.95. The number of fused-ring (bicyclic) bond motifs is 7. The van der Waals surface area contributed by atoms with Crippen molar-refractivity contribution in [3.8, 4) is 0 Å². The molecule has 182 valence electrons. The molecule has 1 unspecified atom stereocenters. The zero-order valence-corrected chi connectivity index (χ0v) is 21.9. The van der Waals surface area contributed by atoms with E-state index in [1.807, 2.05) is 13.0 Å². The Kier molecular flexibility index (Phi) is 4.70. The van der Waals surface area contributed by atoms with Crippen molar-refractivity contribution in [3.63, 3.8) is 0 Å². The van der Waals surface area contributed by atoms with Crippen LogP contribution in [0.3, 0.4) is 0 Å². The molecule has 0 amide bonds. The van der Waals surface area contributed by atoms with Crippen molar-refractivity contribution in [3.05, 3.63) is 23.8 Å². The van der Waals surface area contributed by atoms with Crippen molar-refractivity contribution < 1.29 is 14.7 Å². The maximum atomic E-state index is 12.8. The van der Waals surface area contributed by atoms with E-state index in [4.69, 9.17) is 0 Å². The molecule has 0 aromatic carbocycles. The van der Waals surface area contributed by atoms with Gasteiger partial charge in [-0.2, -0.15) is 0 Å². The summed E-state index contributed by atoms with van der Waals surface area (Å²) < 4.78 is 0. The van der Waals surface area contributed by atoms with E-state index >= 15 is 0 Å². The quantitative estimate of drug-likeness (QED) is 0.427. The first kappa shape index (κ1) is 23.4. The lowest BCUT2D eigenvalue weighted by molar-refractivity contribution is -0.165. The highest BCUT2D eigenvalue weighted by Gasteiger charge is 2.67. The summed E-state index contributed by atoms with van der Waals surface area (Å²) in [5.74, 6) is 0.937. The highest BCUT2D eigenvalue weighted by atomic mass is 16.4. The molecule has 5 aliphatic rings. The molecule has 3 fully saturated rings. The molecule has 0 aliphatic heterocycles. The second-order valence-corrected chi connectivity index (χ2v) is 14.4. The third kappa shape index (κ3) is 2.74. The van der Waals surface area contributed by atoms with Gasteiger partial charge in [-0.3, -0.25) is 9.59 Å². The second kappa shape index (κ2) is 6.64. The van der Waals surface area contributed by atoms with Crippen LogP contribution in [0.1, 0.15) is 99.8 Å². The van der Waals surface area contributed by atoms with E-state index in [0.717, 1.165) is 38.5 Å². The van der Waals surface area contributed by atoms with Gasteiger partial charge in [0.1, 0.15) is 0 Å². The van der Waals surface area contributed by atoms with Crippen molar-refractivity contribution in [2.24, 2.45) is 50.2 Å². The van der Waals surface area contributed by atoms with Crippen LogP contribution in [0.2, 0.25) is 0 Å². The third-order valence-electron chi connectivity index (χ3n) is 12.6. The van der Waals surface area contributed by atoms with Gasteiger partial charge in [0.15, 0.2) is 5.78 Å². The molecule has 0 heterocycles. The summed E-state index contributed by atoms with van der Waals surface area (Å²) in [7, 11) is 0. The lowest BCUT2D eigenvalue weighted by Crippen LogP contribution is -2.63. The normalized spacial score (nSPS) is 52.6. The van der Waals surface area contributed by atoms with Gasteiger partial charge in [0.25, 0.3) is 0 Å². The molecular weight excluding hydrogens is 408 g/mol. The zero-order valence-electron chi connectivity index (χ0n) is 21.9.